The molecule has 1 saturated heterocycles. The van der Waals surface area contributed by atoms with Crippen molar-refractivity contribution in [1.29, 1.82) is 0 Å². The van der Waals surface area contributed by atoms with Gasteiger partial charge in [0.2, 0.25) is 5.91 Å². The molecule has 10 nitrogen and oxygen atoms in total. The summed E-state index contributed by atoms with van der Waals surface area (Å²) in [6, 6.07) is 9.89. The van der Waals surface area contributed by atoms with E-state index >= 15 is 0 Å². The Morgan fingerprint density at radius 3 is 2.44 bits per heavy atom. The fourth-order valence-corrected chi connectivity index (χ4v) is 3.40. The summed E-state index contributed by atoms with van der Waals surface area (Å²) in [5, 5.41) is 12.5. The molecule has 0 bridgehead atoms. The van der Waals surface area contributed by atoms with E-state index in [1.165, 1.54) is 12.1 Å². The average molecular weight is 503 g/mol. The highest BCUT2D eigenvalue weighted by Crippen LogP contribution is 2.27. The summed E-state index contributed by atoms with van der Waals surface area (Å²) in [5.41, 5.74) is 1.20. The molecule has 0 radical (unpaired) electrons. The van der Waals surface area contributed by atoms with Crippen molar-refractivity contribution in [2.24, 2.45) is 0 Å². The molecule has 3 N–H and O–H groups in total. The third-order valence-corrected chi connectivity index (χ3v) is 5.24. The number of likely N-dealkylation sites (N-methyl/N-ethyl adjacent to an activating group) is 1. The Morgan fingerprint density at radius 2 is 1.81 bits per heavy atom. The minimum atomic E-state index is -4.56. The van der Waals surface area contributed by atoms with Gasteiger partial charge >= 0.3 is 12.2 Å². The number of hydrogen-bond donors (Lipinski definition) is 3. The summed E-state index contributed by atoms with van der Waals surface area (Å²) < 4.78 is 42.5. The summed E-state index contributed by atoms with van der Waals surface area (Å²) in [7, 11) is 2.07. The molecule has 1 fully saturated rings. The first kappa shape index (κ1) is 25.0. The Morgan fingerprint density at radius 1 is 1.08 bits per heavy atom. The van der Waals surface area contributed by atoms with Crippen molar-refractivity contribution in [2.75, 3.05) is 48.8 Å². The lowest BCUT2D eigenvalue weighted by molar-refractivity contribution is -0.112. The molecule has 1 aliphatic heterocycles. The van der Waals surface area contributed by atoms with Crippen LogP contribution in [0.25, 0.3) is 0 Å². The second-order valence-electron chi connectivity index (χ2n) is 8.24. The van der Waals surface area contributed by atoms with Gasteiger partial charge in [0.15, 0.2) is 5.82 Å². The van der Waals surface area contributed by atoms with Crippen LogP contribution in [-0.2, 0) is 4.79 Å². The van der Waals surface area contributed by atoms with Gasteiger partial charge in [-0.3, -0.25) is 9.89 Å². The van der Waals surface area contributed by atoms with E-state index in [4.69, 9.17) is 4.74 Å². The second-order valence-corrected chi connectivity index (χ2v) is 8.24. The highest BCUT2D eigenvalue weighted by molar-refractivity contribution is 5.99. The molecule has 4 rings (SSSR count). The van der Waals surface area contributed by atoms with E-state index in [1.807, 2.05) is 19.1 Å². The number of hydrogen-bond acceptors (Lipinski definition) is 8. The number of rotatable bonds is 7. The fraction of sp³-hybridized carbons (Fsp3) is 0.304. The van der Waals surface area contributed by atoms with Crippen molar-refractivity contribution in [1.82, 2.24) is 25.1 Å². The quantitative estimate of drug-likeness (QED) is 0.418. The first-order valence-electron chi connectivity index (χ1n) is 11.1. The molecule has 0 unspecified atom stereocenters. The van der Waals surface area contributed by atoms with Gasteiger partial charge in [-0.25, -0.2) is 0 Å². The number of aromatic nitrogens is 4. The number of piperazine rings is 1. The number of benzene rings is 1. The Bertz CT molecular complexity index is 1220. The number of H-pyrrole nitrogens is 1. The molecule has 1 aromatic carbocycles. The predicted octanol–water partition coefficient (Wildman–Crippen LogP) is 3.85. The number of aryl methyl sites for hydroxylation is 1. The van der Waals surface area contributed by atoms with E-state index in [2.05, 4.69) is 47.6 Å². The number of anilines is 4. The zero-order chi connectivity index (χ0) is 25.7. The van der Waals surface area contributed by atoms with Gasteiger partial charge in [-0.1, -0.05) is 0 Å². The van der Waals surface area contributed by atoms with Crippen LogP contribution in [0.4, 0.5) is 36.3 Å². The molecule has 13 heteroatoms. The molecule has 0 atom stereocenters. The number of alkyl halides is 3. The van der Waals surface area contributed by atoms with Gasteiger partial charge in [0.1, 0.15) is 17.4 Å². The van der Waals surface area contributed by atoms with Gasteiger partial charge in [0.05, 0.1) is 0 Å². The number of amides is 1. The summed E-state index contributed by atoms with van der Waals surface area (Å²) in [6.45, 7) is 5.27. The maximum absolute atomic E-state index is 12.2. The van der Waals surface area contributed by atoms with E-state index in [-0.39, 0.29) is 12.1 Å². The van der Waals surface area contributed by atoms with Crippen molar-refractivity contribution < 1.29 is 22.7 Å². The largest absolute Gasteiger partial charge is 0.424 e. The Labute approximate surface area is 205 Å². The van der Waals surface area contributed by atoms with E-state index in [0.29, 0.717) is 35.0 Å². The molecule has 190 valence electrons. The molecule has 2 aromatic heterocycles. The minimum Gasteiger partial charge on any atom is -0.424 e. The Balaban J connectivity index is 1.50. The van der Waals surface area contributed by atoms with E-state index in [0.717, 1.165) is 31.9 Å². The number of aromatic amines is 1. The number of halogens is 3. The first-order chi connectivity index (χ1) is 17.1. The van der Waals surface area contributed by atoms with Gasteiger partial charge in [0.25, 0.3) is 0 Å². The lowest BCUT2D eigenvalue weighted by Crippen LogP contribution is -2.44. The molecule has 0 aliphatic carbocycles. The van der Waals surface area contributed by atoms with Crippen molar-refractivity contribution in [3.8, 4) is 11.8 Å². The Kier molecular flexibility index (Phi) is 7.38. The zero-order valence-electron chi connectivity index (χ0n) is 19.6. The van der Waals surface area contributed by atoms with Crippen molar-refractivity contribution >= 4 is 29.0 Å². The van der Waals surface area contributed by atoms with Crippen LogP contribution < -0.4 is 20.3 Å². The minimum absolute atomic E-state index is 0.103. The van der Waals surface area contributed by atoms with Crippen LogP contribution in [0.3, 0.4) is 0 Å². The summed E-state index contributed by atoms with van der Waals surface area (Å²) in [4.78, 5) is 25.0. The van der Waals surface area contributed by atoms with Gasteiger partial charge in [-0.05, 0) is 38.2 Å². The molecular weight excluding hydrogens is 477 g/mol. The van der Waals surface area contributed by atoms with E-state index in [1.54, 1.807) is 12.1 Å². The summed E-state index contributed by atoms with van der Waals surface area (Å²) in [5.74, 6) is 1.29. The fourth-order valence-electron chi connectivity index (χ4n) is 3.40. The number of allylic oxidation sites excluding steroid dienone is 1. The van der Waals surface area contributed by atoms with Crippen LogP contribution in [0, 0.1) is 6.92 Å². The molecule has 0 saturated carbocycles. The number of nitrogens with zero attached hydrogens (tertiary/aromatic N) is 5. The molecule has 0 spiro atoms. The topological polar surface area (TPSA) is 111 Å². The second kappa shape index (κ2) is 10.6. The van der Waals surface area contributed by atoms with Crippen molar-refractivity contribution in [3.63, 3.8) is 0 Å². The Hall–Kier alpha value is -4.13. The molecule has 1 aliphatic rings. The maximum atomic E-state index is 12.2. The predicted molar refractivity (Wildman–Crippen MR) is 129 cm³/mol. The SMILES string of the molecule is Cc1cc(Nc2cc(N3CCN(C)CC3)nc(Oc3ccc(NC(=O)/C=C/C(F)(F)F)cc3)n2)n[nH]1. The number of carbonyl (C=O) groups is 1. The molecule has 3 heterocycles. The molecule has 36 heavy (non-hydrogen) atoms. The third kappa shape index (κ3) is 7.18. The number of nitrogens with one attached hydrogen (secondary N) is 3. The highest BCUT2D eigenvalue weighted by Gasteiger charge is 2.22. The van der Waals surface area contributed by atoms with Crippen LogP contribution in [-0.4, -0.2) is 70.4 Å². The first-order valence-corrected chi connectivity index (χ1v) is 11.1. The standard InChI is InChI=1S/C23H25F3N8O2/c1-15-13-19(32-31-15)28-18-14-20(34-11-9-33(2)10-12-34)30-22(29-18)36-17-5-3-16(4-6-17)27-21(35)7-8-23(24,25)26/h3-8,13-14H,9-12H2,1-2H3,(H,27,35)(H2,28,29,30,31,32)/b8-7+. The lowest BCUT2D eigenvalue weighted by Gasteiger charge is -2.33. The van der Waals surface area contributed by atoms with E-state index in [9.17, 15) is 18.0 Å². The van der Waals surface area contributed by atoms with Crippen molar-refractivity contribution in [2.45, 2.75) is 13.1 Å². The van der Waals surface area contributed by atoms with Gasteiger partial charge in [-0.15, -0.1) is 0 Å². The molecular formula is C23H25F3N8O2. The van der Waals surface area contributed by atoms with Crippen LogP contribution in [0.1, 0.15) is 5.69 Å². The lowest BCUT2D eigenvalue weighted by atomic mass is 10.3. The van der Waals surface area contributed by atoms with Crippen LogP contribution in [0.2, 0.25) is 0 Å². The highest BCUT2D eigenvalue weighted by atomic mass is 19.4. The van der Waals surface area contributed by atoms with Crippen molar-refractivity contribution in [3.05, 3.63) is 54.2 Å². The van der Waals surface area contributed by atoms with Crippen LogP contribution in [0.15, 0.2) is 48.6 Å². The third-order valence-electron chi connectivity index (χ3n) is 5.24. The number of carbonyl (C=O) groups excluding carboxylic acids is 1. The maximum Gasteiger partial charge on any atom is 0.409 e. The van der Waals surface area contributed by atoms with Gasteiger partial charge in [0, 0.05) is 61.8 Å². The normalized spacial score (nSPS) is 14.8. The zero-order valence-corrected chi connectivity index (χ0v) is 19.6. The summed E-state index contributed by atoms with van der Waals surface area (Å²) in [6.07, 6.45) is -4.25. The summed E-state index contributed by atoms with van der Waals surface area (Å²) >= 11 is 0. The smallest absolute Gasteiger partial charge is 0.409 e. The van der Waals surface area contributed by atoms with E-state index < -0.39 is 12.1 Å². The average Bonchev–Trinajstić information content (AvgIpc) is 3.23. The molecule has 1 amide bonds. The monoisotopic (exact) mass is 502 g/mol. The molecule has 3 aromatic rings. The van der Waals surface area contributed by atoms with Gasteiger partial charge in [-0.2, -0.15) is 28.2 Å². The van der Waals surface area contributed by atoms with Gasteiger partial charge < -0.3 is 25.2 Å². The number of ether oxygens (including phenoxy) is 1. The van der Waals surface area contributed by atoms with Crippen LogP contribution >= 0.6 is 0 Å². The van der Waals surface area contributed by atoms with Crippen LogP contribution in [0.5, 0.6) is 11.8 Å².